The lowest BCUT2D eigenvalue weighted by Crippen LogP contribution is -2.16. The van der Waals surface area contributed by atoms with Crippen LogP contribution in [0.1, 0.15) is 12.0 Å². The molecule has 0 heterocycles. The molecular weight excluding hydrogens is 224 g/mol. The van der Waals surface area contributed by atoms with Gasteiger partial charge in [-0.15, -0.1) is 0 Å². The molecule has 2 N–H and O–H groups in total. The van der Waals surface area contributed by atoms with Gasteiger partial charge in [0.2, 0.25) is 10.0 Å². The highest BCUT2D eigenvalue weighted by Gasteiger charge is 2.12. The Hall–Kier alpha value is -0.910. The van der Waals surface area contributed by atoms with Crippen LogP contribution in [0.3, 0.4) is 0 Å². The quantitative estimate of drug-likeness (QED) is 0.831. The van der Waals surface area contributed by atoms with Gasteiger partial charge in [-0.1, -0.05) is 18.2 Å². The van der Waals surface area contributed by atoms with E-state index in [1.807, 2.05) is 26.2 Å². The number of sulfonamides is 1. The molecule has 0 saturated carbocycles. The molecule has 0 amide bonds. The third kappa shape index (κ3) is 3.92. The van der Waals surface area contributed by atoms with Gasteiger partial charge in [0.15, 0.2) is 0 Å². The van der Waals surface area contributed by atoms with E-state index in [1.54, 1.807) is 12.1 Å². The van der Waals surface area contributed by atoms with Crippen LogP contribution in [0.4, 0.5) is 0 Å². The Morgan fingerprint density at radius 1 is 1.25 bits per heavy atom. The van der Waals surface area contributed by atoms with Crippen LogP contribution in [0, 0.1) is 0 Å². The van der Waals surface area contributed by atoms with E-state index in [2.05, 4.69) is 4.90 Å². The summed E-state index contributed by atoms with van der Waals surface area (Å²) >= 11 is 0. The lowest BCUT2D eigenvalue weighted by Gasteiger charge is -2.10. The van der Waals surface area contributed by atoms with Gasteiger partial charge < -0.3 is 4.90 Å². The number of aryl methyl sites for hydroxylation is 1. The minimum Gasteiger partial charge on any atom is -0.309 e. The average Bonchev–Trinajstić information content (AvgIpc) is 2.16. The predicted molar refractivity (Wildman–Crippen MR) is 64.7 cm³/mol. The van der Waals surface area contributed by atoms with Crippen LogP contribution in [-0.2, 0) is 16.4 Å². The Labute approximate surface area is 97.1 Å². The zero-order valence-electron chi connectivity index (χ0n) is 9.68. The van der Waals surface area contributed by atoms with Crippen LogP contribution >= 0.6 is 0 Å². The van der Waals surface area contributed by atoms with Gasteiger partial charge >= 0.3 is 0 Å². The highest BCUT2D eigenvalue weighted by atomic mass is 32.2. The monoisotopic (exact) mass is 242 g/mol. The molecule has 0 aromatic heterocycles. The molecule has 1 aromatic rings. The van der Waals surface area contributed by atoms with Crippen molar-refractivity contribution in [2.75, 3.05) is 20.6 Å². The fourth-order valence-corrected chi connectivity index (χ4v) is 2.38. The minimum absolute atomic E-state index is 0.244. The first-order valence-electron chi connectivity index (χ1n) is 5.16. The van der Waals surface area contributed by atoms with Gasteiger partial charge in [0.1, 0.15) is 0 Å². The van der Waals surface area contributed by atoms with Crippen LogP contribution in [0.2, 0.25) is 0 Å². The smallest absolute Gasteiger partial charge is 0.238 e. The van der Waals surface area contributed by atoms with Gasteiger partial charge in [-0.05, 0) is 45.1 Å². The molecule has 0 unspecified atom stereocenters. The molecule has 0 aliphatic rings. The standard InChI is InChI=1S/C11H18N2O2S/c1-13(2)9-5-7-10-6-3-4-8-11(10)16(12,14)15/h3-4,6,8H,5,7,9H2,1-2H3,(H2,12,14,15). The lowest BCUT2D eigenvalue weighted by atomic mass is 10.1. The summed E-state index contributed by atoms with van der Waals surface area (Å²) < 4.78 is 22.6. The highest BCUT2D eigenvalue weighted by Crippen LogP contribution is 2.15. The van der Waals surface area contributed by atoms with E-state index in [9.17, 15) is 8.42 Å². The summed E-state index contributed by atoms with van der Waals surface area (Å²) in [7, 11) is 0.386. The van der Waals surface area contributed by atoms with Gasteiger partial charge in [-0.3, -0.25) is 0 Å². The maximum Gasteiger partial charge on any atom is 0.238 e. The fourth-order valence-electron chi connectivity index (χ4n) is 1.57. The summed E-state index contributed by atoms with van der Waals surface area (Å²) in [5.41, 5.74) is 0.798. The number of nitrogens with two attached hydrogens (primary N) is 1. The summed E-state index contributed by atoms with van der Waals surface area (Å²) in [6, 6.07) is 6.89. The Kier molecular flexibility index (Phi) is 4.46. The van der Waals surface area contributed by atoms with Gasteiger partial charge in [0, 0.05) is 0 Å². The molecule has 0 radical (unpaired) electrons. The maximum atomic E-state index is 11.3. The predicted octanol–water partition coefficient (Wildman–Crippen LogP) is 0.828. The largest absolute Gasteiger partial charge is 0.309 e. The first kappa shape index (κ1) is 13.2. The van der Waals surface area contributed by atoms with Crippen molar-refractivity contribution in [3.05, 3.63) is 29.8 Å². The number of benzene rings is 1. The van der Waals surface area contributed by atoms with Gasteiger partial charge in [-0.25, -0.2) is 13.6 Å². The maximum absolute atomic E-state index is 11.3. The number of hydrogen-bond donors (Lipinski definition) is 1. The van der Waals surface area contributed by atoms with E-state index in [-0.39, 0.29) is 4.90 Å². The van der Waals surface area contributed by atoms with Crippen molar-refractivity contribution in [3.63, 3.8) is 0 Å². The summed E-state index contributed by atoms with van der Waals surface area (Å²) in [6.07, 6.45) is 1.64. The highest BCUT2D eigenvalue weighted by molar-refractivity contribution is 7.89. The zero-order valence-corrected chi connectivity index (χ0v) is 10.5. The number of nitrogens with zero attached hydrogens (tertiary/aromatic N) is 1. The van der Waals surface area contributed by atoms with Crippen molar-refractivity contribution in [2.45, 2.75) is 17.7 Å². The van der Waals surface area contributed by atoms with E-state index >= 15 is 0 Å². The molecule has 1 rings (SSSR count). The summed E-state index contributed by atoms with van der Waals surface area (Å²) in [4.78, 5) is 2.31. The first-order valence-corrected chi connectivity index (χ1v) is 6.71. The molecule has 0 aliphatic heterocycles. The molecule has 1 aromatic carbocycles. The topological polar surface area (TPSA) is 63.4 Å². The Bertz CT molecular complexity index is 441. The molecule has 0 spiro atoms. The molecule has 0 saturated heterocycles. The Balaban J connectivity index is 2.80. The molecule has 0 fully saturated rings. The second kappa shape index (κ2) is 5.43. The third-order valence-electron chi connectivity index (χ3n) is 2.33. The normalized spacial score (nSPS) is 12.0. The number of hydrogen-bond acceptors (Lipinski definition) is 3. The molecule has 0 aliphatic carbocycles. The Morgan fingerprint density at radius 2 is 1.88 bits per heavy atom. The molecule has 0 atom stereocenters. The van der Waals surface area contributed by atoms with Crippen molar-refractivity contribution in [2.24, 2.45) is 5.14 Å². The van der Waals surface area contributed by atoms with E-state index in [0.29, 0.717) is 0 Å². The fraction of sp³-hybridized carbons (Fsp3) is 0.455. The van der Waals surface area contributed by atoms with Gasteiger partial charge in [-0.2, -0.15) is 0 Å². The van der Waals surface area contributed by atoms with Crippen molar-refractivity contribution >= 4 is 10.0 Å². The van der Waals surface area contributed by atoms with E-state index in [1.165, 1.54) is 0 Å². The summed E-state index contributed by atoms with van der Waals surface area (Å²) in [6.45, 7) is 0.930. The van der Waals surface area contributed by atoms with Crippen LogP contribution < -0.4 is 5.14 Å². The summed E-state index contributed by atoms with van der Waals surface area (Å²) in [5, 5.41) is 5.15. The van der Waals surface area contributed by atoms with Crippen LogP contribution in [0.15, 0.2) is 29.2 Å². The van der Waals surface area contributed by atoms with Crippen molar-refractivity contribution < 1.29 is 8.42 Å². The number of rotatable bonds is 5. The molecule has 5 heteroatoms. The molecule has 0 bridgehead atoms. The minimum atomic E-state index is -3.60. The molecular formula is C11H18N2O2S. The average molecular weight is 242 g/mol. The van der Waals surface area contributed by atoms with E-state index in [4.69, 9.17) is 5.14 Å². The first-order chi connectivity index (χ1) is 7.41. The van der Waals surface area contributed by atoms with Gasteiger partial charge in [0.05, 0.1) is 4.90 Å². The lowest BCUT2D eigenvalue weighted by molar-refractivity contribution is 0.400. The van der Waals surface area contributed by atoms with E-state index < -0.39 is 10.0 Å². The SMILES string of the molecule is CN(C)CCCc1ccccc1S(N)(=O)=O. The summed E-state index contributed by atoms with van der Waals surface area (Å²) in [5.74, 6) is 0. The van der Waals surface area contributed by atoms with Crippen molar-refractivity contribution in [1.82, 2.24) is 4.90 Å². The van der Waals surface area contributed by atoms with Crippen molar-refractivity contribution in [3.8, 4) is 0 Å². The van der Waals surface area contributed by atoms with E-state index in [0.717, 1.165) is 24.9 Å². The third-order valence-corrected chi connectivity index (χ3v) is 3.34. The zero-order chi connectivity index (χ0) is 12.2. The molecule has 90 valence electrons. The van der Waals surface area contributed by atoms with Crippen LogP contribution in [-0.4, -0.2) is 34.0 Å². The molecule has 4 nitrogen and oxygen atoms in total. The molecule has 16 heavy (non-hydrogen) atoms. The second-order valence-electron chi connectivity index (χ2n) is 4.06. The Morgan fingerprint density at radius 3 is 2.44 bits per heavy atom. The number of primary sulfonamides is 1. The van der Waals surface area contributed by atoms with Crippen LogP contribution in [0.5, 0.6) is 0 Å². The second-order valence-corrected chi connectivity index (χ2v) is 5.59. The van der Waals surface area contributed by atoms with Crippen molar-refractivity contribution in [1.29, 1.82) is 0 Å². The van der Waals surface area contributed by atoms with Gasteiger partial charge in [0.25, 0.3) is 0 Å². The van der Waals surface area contributed by atoms with Crippen LogP contribution in [0.25, 0.3) is 0 Å².